The number of amides is 1. The van der Waals surface area contributed by atoms with Crippen LogP contribution in [0.4, 0.5) is 22.0 Å². The van der Waals surface area contributed by atoms with Gasteiger partial charge in [0.1, 0.15) is 23.1 Å². The van der Waals surface area contributed by atoms with E-state index in [1.165, 1.54) is 16.7 Å². The van der Waals surface area contributed by atoms with Gasteiger partial charge in [0.15, 0.2) is 11.0 Å². The van der Waals surface area contributed by atoms with E-state index in [0.29, 0.717) is 29.7 Å². The number of pyridine rings is 2. The summed E-state index contributed by atoms with van der Waals surface area (Å²) in [6, 6.07) is 1.06. The Morgan fingerprint density at radius 3 is 2.33 bits per heavy atom. The van der Waals surface area contributed by atoms with Crippen LogP contribution in [-0.2, 0) is 0 Å². The quantitative estimate of drug-likeness (QED) is 0.417. The fraction of sp³-hybridized carbons (Fsp3) is 0.318. The lowest BCUT2D eigenvalue weighted by Crippen LogP contribution is -2.48. The van der Waals surface area contributed by atoms with Crippen LogP contribution in [0, 0.1) is 31.4 Å². The normalized spacial score (nSPS) is 15.0. The molecule has 0 saturated heterocycles. The van der Waals surface area contributed by atoms with Crippen molar-refractivity contribution in [2.24, 2.45) is 5.92 Å². The van der Waals surface area contributed by atoms with Gasteiger partial charge in [-0.25, -0.2) is 13.8 Å². The Morgan fingerprint density at radius 1 is 1.18 bits per heavy atom. The van der Waals surface area contributed by atoms with Gasteiger partial charge >= 0.3 is 6.18 Å². The number of benzene rings is 1. The second-order valence-electron chi connectivity index (χ2n) is 8.09. The molecule has 33 heavy (non-hydrogen) atoms. The molecule has 174 valence electrons. The molecule has 1 saturated carbocycles. The van der Waals surface area contributed by atoms with E-state index in [-0.39, 0.29) is 11.0 Å². The van der Waals surface area contributed by atoms with Gasteiger partial charge in [0.25, 0.3) is 5.91 Å². The second-order valence-corrected chi connectivity index (χ2v) is 8.45. The predicted molar refractivity (Wildman–Crippen MR) is 112 cm³/mol. The van der Waals surface area contributed by atoms with Crippen LogP contribution in [0.2, 0.25) is 5.15 Å². The highest BCUT2D eigenvalue weighted by Gasteiger charge is 2.49. The fourth-order valence-electron chi connectivity index (χ4n) is 3.93. The zero-order valence-corrected chi connectivity index (χ0v) is 18.1. The minimum Gasteiger partial charge on any atom is -0.340 e. The summed E-state index contributed by atoms with van der Waals surface area (Å²) in [5.41, 5.74) is -0.676. The van der Waals surface area contributed by atoms with Crippen LogP contribution in [0.15, 0.2) is 29.2 Å². The summed E-state index contributed by atoms with van der Waals surface area (Å²) >= 11 is 5.80. The Labute approximate surface area is 189 Å². The first-order valence-electron chi connectivity index (χ1n) is 9.94. The number of nitrogens with one attached hydrogen (secondary N) is 1. The van der Waals surface area contributed by atoms with E-state index in [9.17, 15) is 31.5 Å². The molecule has 0 spiro atoms. The van der Waals surface area contributed by atoms with Gasteiger partial charge in [-0.15, -0.1) is 0 Å². The van der Waals surface area contributed by atoms with Crippen molar-refractivity contribution in [3.05, 3.63) is 68.1 Å². The number of halogens is 6. The lowest BCUT2D eigenvalue weighted by Gasteiger charge is -2.22. The van der Waals surface area contributed by atoms with E-state index in [4.69, 9.17) is 11.6 Å². The van der Waals surface area contributed by atoms with Crippen molar-refractivity contribution >= 4 is 28.5 Å². The molecule has 0 radical (unpaired) electrons. The zero-order chi connectivity index (χ0) is 24.2. The van der Waals surface area contributed by atoms with Gasteiger partial charge in [-0.2, -0.15) is 13.2 Å². The average molecular weight is 486 g/mol. The SMILES string of the molecule is Cc1cc(F)cc(C)c1-n1cc(C(=O)NC(C2CC2)C(F)(F)F)c(=O)c2cc(F)c(Cl)nc21. The molecule has 3 aromatic rings. The maximum Gasteiger partial charge on any atom is 0.408 e. The van der Waals surface area contributed by atoms with E-state index in [1.54, 1.807) is 13.8 Å². The molecule has 1 atom stereocenters. The molecule has 0 aliphatic heterocycles. The van der Waals surface area contributed by atoms with Crippen molar-refractivity contribution in [2.45, 2.75) is 38.9 Å². The third-order valence-electron chi connectivity index (χ3n) is 5.56. The number of nitrogens with zero attached hydrogens (tertiary/aromatic N) is 2. The highest BCUT2D eigenvalue weighted by Crippen LogP contribution is 2.40. The van der Waals surface area contributed by atoms with E-state index in [1.807, 2.05) is 5.32 Å². The Bertz CT molecular complexity index is 1330. The summed E-state index contributed by atoms with van der Waals surface area (Å²) in [7, 11) is 0. The van der Waals surface area contributed by atoms with Crippen molar-refractivity contribution in [2.75, 3.05) is 0 Å². The van der Waals surface area contributed by atoms with Crippen molar-refractivity contribution in [3.63, 3.8) is 0 Å². The first-order chi connectivity index (χ1) is 15.4. The van der Waals surface area contributed by atoms with Crippen LogP contribution in [0.25, 0.3) is 16.7 Å². The van der Waals surface area contributed by atoms with Crippen LogP contribution < -0.4 is 10.7 Å². The van der Waals surface area contributed by atoms with E-state index in [2.05, 4.69) is 4.98 Å². The molecule has 1 aromatic carbocycles. The van der Waals surface area contributed by atoms with Gasteiger partial charge in [-0.1, -0.05) is 11.6 Å². The number of carbonyl (C=O) groups excluding carboxylic acids is 1. The maximum atomic E-state index is 14.1. The van der Waals surface area contributed by atoms with Gasteiger partial charge in [-0.05, 0) is 61.9 Å². The summed E-state index contributed by atoms with van der Waals surface area (Å²) in [4.78, 5) is 29.7. The molecule has 1 aliphatic carbocycles. The van der Waals surface area contributed by atoms with Gasteiger partial charge in [-0.3, -0.25) is 14.2 Å². The summed E-state index contributed by atoms with van der Waals surface area (Å²) < 4.78 is 69.5. The van der Waals surface area contributed by atoms with Crippen LogP contribution in [0.5, 0.6) is 0 Å². The molecule has 1 amide bonds. The summed E-state index contributed by atoms with van der Waals surface area (Å²) in [5, 5.41) is 1.00. The second kappa shape index (κ2) is 8.09. The third-order valence-corrected chi connectivity index (χ3v) is 5.83. The first-order valence-corrected chi connectivity index (χ1v) is 10.3. The molecular formula is C22H17ClF5N3O2. The largest absolute Gasteiger partial charge is 0.408 e. The van der Waals surface area contributed by atoms with E-state index < -0.39 is 51.8 Å². The summed E-state index contributed by atoms with van der Waals surface area (Å²) in [5.74, 6) is -3.59. The number of hydrogen-bond acceptors (Lipinski definition) is 3. The molecule has 1 unspecified atom stereocenters. The lowest BCUT2D eigenvalue weighted by atomic mass is 10.1. The lowest BCUT2D eigenvalue weighted by molar-refractivity contribution is -0.158. The van der Waals surface area contributed by atoms with Gasteiger partial charge in [0, 0.05) is 6.20 Å². The number of fused-ring (bicyclic) bond motifs is 1. The Hall–Kier alpha value is -3.01. The zero-order valence-electron chi connectivity index (χ0n) is 17.4. The predicted octanol–water partition coefficient (Wildman–Crippen LogP) is 5.00. The minimum atomic E-state index is -4.70. The number of aromatic nitrogens is 2. The molecule has 11 heteroatoms. The number of hydrogen-bond donors (Lipinski definition) is 1. The van der Waals surface area contributed by atoms with E-state index >= 15 is 0 Å². The smallest absolute Gasteiger partial charge is 0.340 e. The highest BCUT2D eigenvalue weighted by molar-refractivity contribution is 6.29. The molecule has 2 heterocycles. The molecule has 1 fully saturated rings. The molecular weight excluding hydrogens is 469 g/mol. The summed E-state index contributed by atoms with van der Waals surface area (Å²) in [6.45, 7) is 3.13. The Kier molecular flexibility index (Phi) is 5.68. The van der Waals surface area contributed by atoms with Crippen molar-refractivity contribution in [1.29, 1.82) is 0 Å². The van der Waals surface area contributed by atoms with Crippen LogP contribution in [-0.4, -0.2) is 27.7 Å². The molecule has 5 nitrogen and oxygen atoms in total. The fourth-order valence-corrected chi connectivity index (χ4v) is 4.07. The number of rotatable bonds is 4. The average Bonchev–Trinajstić information content (AvgIpc) is 3.52. The van der Waals surface area contributed by atoms with Crippen molar-refractivity contribution < 1.29 is 26.7 Å². The highest BCUT2D eigenvalue weighted by atomic mass is 35.5. The topological polar surface area (TPSA) is 64.0 Å². The van der Waals surface area contributed by atoms with Crippen LogP contribution >= 0.6 is 11.6 Å². The third kappa shape index (κ3) is 4.31. The van der Waals surface area contributed by atoms with Crippen molar-refractivity contribution in [1.82, 2.24) is 14.9 Å². The first kappa shape index (κ1) is 23.2. The molecule has 1 N–H and O–H groups in total. The molecule has 1 aliphatic rings. The number of aryl methyl sites for hydroxylation is 2. The van der Waals surface area contributed by atoms with Crippen LogP contribution in [0.3, 0.4) is 0 Å². The maximum absolute atomic E-state index is 14.1. The molecule has 4 rings (SSSR count). The Balaban J connectivity index is 1.95. The monoisotopic (exact) mass is 485 g/mol. The van der Waals surface area contributed by atoms with Gasteiger partial charge in [0.2, 0.25) is 5.43 Å². The minimum absolute atomic E-state index is 0.129. The van der Waals surface area contributed by atoms with Crippen molar-refractivity contribution in [3.8, 4) is 5.69 Å². The van der Waals surface area contributed by atoms with Crippen LogP contribution in [0.1, 0.15) is 34.3 Å². The van der Waals surface area contributed by atoms with Gasteiger partial charge < -0.3 is 5.32 Å². The standard InChI is InChI=1S/C22H17ClF5N3O2/c1-9-5-12(24)6-10(2)16(9)31-8-14(17(32)13-7-15(25)19(23)30-20(13)31)21(33)29-18(11-3-4-11)22(26,27)28/h5-8,11,18H,3-4H2,1-2H3,(H,29,33). The summed E-state index contributed by atoms with van der Waals surface area (Å²) in [6.07, 6.45) is -3.07. The Morgan fingerprint density at radius 2 is 1.79 bits per heavy atom. The van der Waals surface area contributed by atoms with Gasteiger partial charge in [0.05, 0.1) is 11.1 Å². The number of carbonyl (C=O) groups is 1. The van der Waals surface area contributed by atoms with E-state index in [0.717, 1.165) is 12.3 Å². The molecule has 2 aromatic heterocycles. The number of alkyl halides is 3. The molecule has 0 bridgehead atoms.